The van der Waals surface area contributed by atoms with Crippen LogP contribution in [0.2, 0.25) is 5.02 Å². The first kappa shape index (κ1) is 17.3. The van der Waals surface area contributed by atoms with Gasteiger partial charge in [-0.05, 0) is 12.1 Å². The third-order valence-electron chi connectivity index (χ3n) is 3.86. The molecule has 4 rings (SSSR count). The summed E-state index contributed by atoms with van der Waals surface area (Å²) in [6, 6.07) is 17.8. The van der Waals surface area contributed by atoms with Crippen LogP contribution in [-0.4, -0.2) is 19.7 Å². The van der Waals surface area contributed by atoms with Crippen molar-refractivity contribution in [1.29, 1.82) is 0 Å². The van der Waals surface area contributed by atoms with Gasteiger partial charge >= 0.3 is 0 Å². The highest BCUT2D eigenvalue weighted by Crippen LogP contribution is 2.29. The maximum Gasteiger partial charge on any atom is 0.191 e. The smallest absolute Gasteiger partial charge is 0.191 e. The second-order valence-corrected chi connectivity index (χ2v) is 7.91. The molecule has 4 aromatic rings. The topological polar surface area (TPSA) is 43.6 Å². The Morgan fingerprint density at radius 1 is 1.00 bits per heavy atom. The van der Waals surface area contributed by atoms with Crippen molar-refractivity contribution in [2.75, 3.05) is 0 Å². The molecular formula is C19H15ClN4S2. The lowest BCUT2D eigenvalue weighted by molar-refractivity contribution is 0.793. The molecule has 0 fully saturated rings. The summed E-state index contributed by atoms with van der Waals surface area (Å²) in [6.45, 7) is 0. The molecule has 0 unspecified atom stereocenters. The third-order valence-corrected chi connectivity index (χ3v) is 6.10. The van der Waals surface area contributed by atoms with E-state index in [9.17, 15) is 0 Å². The van der Waals surface area contributed by atoms with Crippen LogP contribution in [0.5, 0.6) is 0 Å². The van der Waals surface area contributed by atoms with Gasteiger partial charge in [0.2, 0.25) is 0 Å². The van der Waals surface area contributed by atoms with Gasteiger partial charge in [0.05, 0.1) is 5.69 Å². The minimum Gasteiger partial charge on any atom is -0.305 e. The second-order valence-electron chi connectivity index (χ2n) is 5.67. The molecule has 0 radical (unpaired) electrons. The molecule has 0 aliphatic carbocycles. The molecule has 130 valence electrons. The molecule has 0 saturated carbocycles. The Bertz CT molecular complexity index is 1010. The second kappa shape index (κ2) is 7.61. The van der Waals surface area contributed by atoms with Crippen molar-refractivity contribution in [3.63, 3.8) is 0 Å². The van der Waals surface area contributed by atoms with E-state index >= 15 is 0 Å². The Morgan fingerprint density at radius 3 is 2.54 bits per heavy atom. The zero-order valence-corrected chi connectivity index (χ0v) is 16.4. The molecule has 26 heavy (non-hydrogen) atoms. The summed E-state index contributed by atoms with van der Waals surface area (Å²) in [7, 11) is 1.99. The Hall–Kier alpha value is -2.15. The Labute approximate surface area is 164 Å². The van der Waals surface area contributed by atoms with Gasteiger partial charge in [-0.2, -0.15) is 0 Å². The fraction of sp³-hybridized carbons (Fsp3) is 0.105. The van der Waals surface area contributed by atoms with Crippen molar-refractivity contribution in [1.82, 2.24) is 19.7 Å². The van der Waals surface area contributed by atoms with Gasteiger partial charge in [-0.3, -0.25) is 0 Å². The predicted molar refractivity (Wildman–Crippen MR) is 109 cm³/mol. The van der Waals surface area contributed by atoms with Crippen molar-refractivity contribution < 1.29 is 0 Å². The lowest BCUT2D eigenvalue weighted by atomic mass is 10.2. The summed E-state index contributed by atoms with van der Waals surface area (Å²) in [5.41, 5.74) is 3.18. The minimum absolute atomic E-state index is 0.734. The van der Waals surface area contributed by atoms with E-state index in [1.54, 1.807) is 23.1 Å². The number of nitrogens with zero attached hydrogens (tertiary/aromatic N) is 4. The van der Waals surface area contributed by atoms with Gasteiger partial charge in [0.1, 0.15) is 5.01 Å². The lowest BCUT2D eigenvalue weighted by Gasteiger charge is -2.03. The van der Waals surface area contributed by atoms with Gasteiger partial charge in [-0.15, -0.1) is 21.5 Å². The van der Waals surface area contributed by atoms with Gasteiger partial charge in [-0.1, -0.05) is 65.8 Å². The molecule has 7 heteroatoms. The van der Waals surface area contributed by atoms with Crippen molar-refractivity contribution in [2.45, 2.75) is 10.9 Å². The largest absolute Gasteiger partial charge is 0.305 e. The van der Waals surface area contributed by atoms with Crippen LogP contribution < -0.4 is 0 Å². The van der Waals surface area contributed by atoms with Crippen molar-refractivity contribution >= 4 is 34.7 Å². The quantitative estimate of drug-likeness (QED) is 0.413. The molecule has 0 aliphatic heterocycles. The van der Waals surface area contributed by atoms with Crippen LogP contribution in [0.25, 0.3) is 22.0 Å². The van der Waals surface area contributed by atoms with E-state index in [1.165, 1.54) is 0 Å². The third kappa shape index (κ3) is 3.67. The van der Waals surface area contributed by atoms with Crippen molar-refractivity contribution in [3.05, 3.63) is 70.7 Å². The van der Waals surface area contributed by atoms with Crippen LogP contribution in [-0.2, 0) is 12.8 Å². The van der Waals surface area contributed by atoms with E-state index in [0.29, 0.717) is 0 Å². The number of benzene rings is 2. The van der Waals surface area contributed by atoms with Crippen LogP contribution in [0.1, 0.15) is 5.69 Å². The number of hydrogen-bond donors (Lipinski definition) is 0. The average Bonchev–Trinajstić information content (AvgIpc) is 3.28. The molecule has 0 amide bonds. The van der Waals surface area contributed by atoms with Crippen molar-refractivity contribution in [2.24, 2.45) is 7.05 Å². The first-order valence-corrected chi connectivity index (χ1v) is 10.2. The van der Waals surface area contributed by atoms with Gasteiger partial charge in [0.15, 0.2) is 11.0 Å². The molecule has 0 atom stereocenters. The molecule has 0 saturated heterocycles. The van der Waals surface area contributed by atoms with Crippen molar-refractivity contribution in [3.8, 4) is 22.0 Å². The number of rotatable bonds is 5. The van der Waals surface area contributed by atoms with E-state index in [-0.39, 0.29) is 0 Å². The highest BCUT2D eigenvalue weighted by Gasteiger charge is 2.12. The van der Waals surface area contributed by atoms with Crippen LogP contribution in [0, 0.1) is 0 Å². The molecule has 4 nitrogen and oxygen atoms in total. The molecule has 0 aliphatic rings. The van der Waals surface area contributed by atoms with Gasteiger partial charge in [0.25, 0.3) is 0 Å². The predicted octanol–water partition coefficient (Wildman–Crippen LogP) is 5.55. The fourth-order valence-corrected chi connectivity index (χ4v) is 4.38. The van der Waals surface area contributed by atoms with Crippen LogP contribution in [0.15, 0.2) is 65.1 Å². The Morgan fingerprint density at radius 2 is 1.77 bits per heavy atom. The van der Waals surface area contributed by atoms with Crippen LogP contribution >= 0.6 is 34.7 Å². The summed E-state index contributed by atoms with van der Waals surface area (Å²) < 4.78 is 2.02. The Kier molecular flexibility index (Phi) is 5.06. The molecule has 2 heterocycles. The number of thioether (sulfide) groups is 1. The Balaban J connectivity index is 1.47. The van der Waals surface area contributed by atoms with E-state index in [4.69, 9.17) is 16.6 Å². The molecule has 2 aromatic heterocycles. The average molecular weight is 399 g/mol. The van der Waals surface area contributed by atoms with Gasteiger partial charge in [0, 0.05) is 34.3 Å². The van der Waals surface area contributed by atoms with E-state index in [1.807, 2.05) is 66.2 Å². The summed E-state index contributed by atoms with van der Waals surface area (Å²) in [6.07, 6.45) is 0. The monoisotopic (exact) mass is 398 g/mol. The highest BCUT2D eigenvalue weighted by atomic mass is 35.5. The lowest BCUT2D eigenvalue weighted by Crippen LogP contribution is -1.95. The minimum atomic E-state index is 0.734. The molecule has 2 aromatic carbocycles. The van der Waals surface area contributed by atoms with E-state index in [2.05, 4.69) is 15.6 Å². The van der Waals surface area contributed by atoms with Gasteiger partial charge in [-0.25, -0.2) is 4.98 Å². The van der Waals surface area contributed by atoms with Crippen LogP contribution in [0.4, 0.5) is 0 Å². The van der Waals surface area contributed by atoms with E-state index in [0.717, 1.165) is 43.6 Å². The SMILES string of the molecule is Cn1c(SCc2csc(-c3ccc(Cl)cc3)n2)nnc1-c1ccccc1. The maximum absolute atomic E-state index is 5.95. The molecule has 0 bridgehead atoms. The zero-order chi connectivity index (χ0) is 17.9. The fourth-order valence-electron chi connectivity index (χ4n) is 2.52. The molecular weight excluding hydrogens is 384 g/mol. The number of halogens is 1. The summed E-state index contributed by atoms with van der Waals surface area (Å²) in [5, 5.41) is 13.3. The number of aromatic nitrogens is 4. The highest BCUT2D eigenvalue weighted by molar-refractivity contribution is 7.98. The standard InChI is InChI=1S/C19H15ClN4S2/c1-24-17(13-5-3-2-4-6-13)22-23-19(24)26-12-16-11-25-18(21-16)14-7-9-15(20)10-8-14/h2-11H,12H2,1H3. The first-order valence-electron chi connectivity index (χ1n) is 7.98. The first-order chi connectivity index (χ1) is 12.7. The molecule has 0 spiro atoms. The summed E-state index contributed by atoms with van der Waals surface area (Å²) in [4.78, 5) is 4.72. The summed E-state index contributed by atoms with van der Waals surface area (Å²) >= 11 is 9.23. The maximum atomic E-state index is 5.95. The summed E-state index contributed by atoms with van der Waals surface area (Å²) in [5.74, 6) is 1.62. The van der Waals surface area contributed by atoms with Crippen LogP contribution in [0.3, 0.4) is 0 Å². The van der Waals surface area contributed by atoms with E-state index < -0.39 is 0 Å². The number of hydrogen-bond acceptors (Lipinski definition) is 5. The molecule has 0 N–H and O–H groups in total. The van der Waals surface area contributed by atoms with Gasteiger partial charge < -0.3 is 4.57 Å². The zero-order valence-electron chi connectivity index (χ0n) is 14.0. The number of thiazole rings is 1. The normalized spacial score (nSPS) is 11.0.